The van der Waals surface area contributed by atoms with Crippen LogP contribution in [0.5, 0.6) is 5.75 Å². The molecular weight excluding hydrogens is 477 g/mol. The molecule has 0 saturated heterocycles. The largest absolute Gasteiger partial charge is 0.494 e. The average molecular weight is 508 g/mol. The summed E-state index contributed by atoms with van der Waals surface area (Å²) < 4.78 is 20.7. The summed E-state index contributed by atoms with van der Waals surface area (Å²) in [4.78, 5) is 21.8. The summed E-state index contributed by atoms with van der Waals surface area (Å²) in [5.41, 5.74) is 4.23. The Morgan fingerprint density at radius 2 is 1.97 bits per heavy atom. The lowest BCUT2D eigenvalue weighted by molar-refractivity contribution is -0.121. The van der Waals surface area contributed by atoms with Crippen molar-refractivity contribution in [2.45, 2.75) is 39.7 Å². The summed E-state index contributed by atoms with van der Waals surface area (Å²) in [6.07, 6.45) is 4.64. The van der Waals surface area contributed by atoms with Gasteiger partial charge in [0.1, 0.15) is 11.6 Å². The highest BCUT2D eigenvalue weighted by molar-refractivity contribution is 7.13. The number of anilines is 2. The molecule has 0 spiro atoms. The molecule has 0 bridgehead atoms. The summed E-state index contributed by atoms with van der Waals surface area (Å²) >= 11 is 1.48. The van der Waals surface area contributed by atoms with E-state index in [0.29, 0.717) is 11.7 Å². The zero-order valence-corrected chi connectivity index (χ0v) is 21.6. The van der Waals surface area contributed by atoms with Gasteiger partial charge < -0.3 is 19.9 Å². The summed E-state index contributed by atoms with van der Waals surface area (Å²) in [7, 11) is 1.64. The SMILES string of the molecule is COc1cc(Nc2nc([C@H](CC(C)C)NC(=O)Cc3ccc(F)cc3)cs2)ccc1-n1cnc(C)c1. The number of halogens is 1. The van der Waals surface area contributed by atoms with Gasteiger partial charge in [0, 0.05) is 23.3 Å². The number of carbonyl (C=O) groups is 1. The molecule has 0 aliphatic carbocycles. The van der Waals surface area contributed by atoms with Crippen LogP contribution in [0.1, 0.15) is 43.3 Å². The monoisotopic (exact) mass is 507 g/mol. The zero-order chi connectivity index (χ0) is 25.7. The van der Waals surface area contributed by atoms with Gasteiger partial charge in [-0.15, -0.1) is 11.3 Å². The van der Waals surface area contributed by atoms with E-state index in [1.165, 1.54) is 23.5 Å². The fraction of sp³-hybridized carbons (Fsp3) is 0.296. The highest BCUT2D eigenvalue weighted by Crippen LogP contribution is 2.31. The minimum Gasteiger partial charge on any atom is -0.494 e. The van der Waals surface area contributed by atoms with Crippen LogP contribution >= 0.6 is 11.3 Å². The topological polar surface area (TPSA) is 81.1 Å². The number of methoxy groups -OCH3 is 1. The molecule has 1 atom stereocenters. The van der Waals surface area contributed by atoms with Gasteiger partial charge in [-0.05, 0) is 49.1 Å². The molecule has 9 heteroatoms. The molecule has 4 rings (SSSR count). The maximum Gasteiger partial charge on any atom is 0.224 e. The molecule has 0 aliphatic rings. The Labute approximate surface area is 214 Å². The molecule has 1 amide bonds. The van der Waals surface area contributed by atoms with Crippen LogP contribution in [0.2, 0.25) is 0 Å². The van der Waals surface area contributed by atoms with E-state index in [4.69, 9.17) is 9.72 Å². The van der Waals surface area contributed by atoms with Crippen molar-refractivity contribution < 1.29 is 13.9 Å². The Morgan fingerprint density at radius 3 is 2.64 bits per heavy atom. The molecule has 0 unspecified atom stereocenters. The van der Waals surface area contributed by atoms with E-state index in [2.05, 4.69) is 29.5 Å². The number of amides is 1. The standard InChI is InChI=1S/C27H30FN5O2S/c1-17(2)11-22(31-26(34)12-19-5-7-20(28)8-6-19)23-15-36-27(32-23)30-21-9-10-24(25(13-21)35-4)33-14-18(3)29-16-33/h5-10,13-17,22H,11-12H2,1-4H3,(H,30,32)(H,31,34)/t22-/m0/s1. The molecule has 2 aromatic heterocycles. The first-order valence-corrected chi connectivity index (χ1v) is 12.6. The Balaban J connectivity index is 1.46. The van der Waals surface area contributed by atoms with E-state index in [1.807, 2.05) is 41.3 Å². The number of nitrogens with one attached hydrogen (secondary N) is 2. The fourth-order valence-corrected chi connectivity index (χ4v) is 4.69. The van der Waals surface area contributed by atoms with E-state index < -0.39 is 0 Å². The van der Waals surface area contributed by atoms with Crippen molar-refractivity contribution in [3.8, 4) is 11.4 Å². The zero-order valence-electron chi connectivity index (χ0n) is 20.8. The summed E-state index contributed by atoms with van der Waals surface area (Å²) in [5.74, 6) is 0.635. The van der Waals surface area contributed by atoms with Crippen LogP contribution in [-0.4, -0.2) is 27.6 Å². The van der Waals surface area contributed by atoms with Crippen molar-refractivity contribution in [3.05, 3.63) is 83.1 Å². The number of benzene rings is 2. The van der Waals surface area contributed by atoms with Crippen molar-refractivity contribution >= 4 is 28.1 Å². The Morgan fingerprint density at radius 1 is 1.19 bits per heavy atom. The second-order valence-corrected chi connectivity index (χ2v) is 9.92. The summed E-state index contributed by atoms with van der Waals surface area (Å²) in [6.45, 7) is 6.16. The summed E-state index contributed by atoms with van der Waals surface area (Å²) in [6, 6.07) is 11.6. The highest BCUT2D eigenvalue weighted by atomic mass is 32.1. The Bertz CT molecular complexity index is 1320. The first-order valence-electron chi connectivity index (χ1n) is 11.8. The first-order chi connectivity index (χ1) is 17.3. The van der Waals surface area contributed by atoms with Crippen molar-refractivity contribution in [3.63, 3.8) is 0 Å². The van der Waals surface area contributed by atoms with Gasteiger partial charge in [0.25, 0.3) is 0 Å². The van der Waals surface area contributed by atoms with Crippen molar-refractivity contribution in [1.82, 2.24) is 19.9 Å². The quantitative estimate of drug-likeness (QED) is 0.276. The van der Waals surface area contributed by atoms with Gasteiger partial charge in [-0.2, -0.15) is 0 Å². The van der Waals surface area contributed by atoms with Gasteiger partial charge >= 0.3 is 0 Å². The van der Waals surface area contributed by atoms with Gasteiger partial charge in [0.15, 0.2) is 5.13 Å². The minimum absolute atomic E-state index is 0.121. The number of hydrogen-bond acceptors (Lipinski definition) is 6. The van der Waals surface area contributed by atoms with Gasteiger partial charge in [-0.25, -0.2) is 14.4 Å². The summed E-state index contributed by atoms with van der Waals surface area (Å²) in [5, 5.41) is 9.14. The second kappa shape index (κ2) is 11.3. The molecule has 0 radical (unpaired) electrons. The van der Waals surface area contributed by atoms with Gasteiger partial charge in [-0.1, -0.05) is 26.0 Å². The Hall–Kier alpha value is -3.72. The molecule has 188 valence electrons. The Kier molecular flexibility index (Phi) is 8.00. The third-order valence-corrected chi connectivity index (χ3v) is 6.40. The fourth-order valence-electron chi connectivity index (χ4n) is 3.91. The number of aromatic nitrogens is 3. The normalized spacial score (nSPS) is 11.9. The number of imidazole rings is 1. The van der Waals surface area contributed by atoms with Crippen molar-refractivity contribution in [2.24, 2.45) is 5.92 Å². The number of aryl methyl sites for hydroxylation is 1. The highest BCUT2D eigenvalue weighted by Gasteiger charge is 2.20. The van der Waals surface area contributed by atoms with Gasteiger partial charge in [0.2, 0.25) is 5.91 Å². The van der Waals surface area contributed by atoms with Crippen LogP contribution in [0.3, 0.4) is 0 Å². The number of rotatable bonds is 10. The molecule has 0 saturated carbocycles. The van der Waals surface area contributed by atoms with E-state index >= 15 is 0 Å². The molecule has 7 nitrogen and oxygen atoms in total. The van der Waals surface area contributed by atoms with Crippen molar-refractivity contribution in [1.29, 1.82) is 0 Å². The first kappa shape index (κ1) is 25.4. The van der Waals surface area contributed by atoms with Crippen molar-refractivity contribution in [2.75, 3.05) is 12.4 Å². The lowest BCUT2D eigenvalue weighted by Crippen LogP contribution is -2.31. The molecule has 4 aromatic rings. The van der Waals surface area contributed by atoms with Crippen LogP contribution in [-0.2, 0) is 11.2 Å². The van der Waals surface area contributed by atoms with E-state index in [9.17, 15) is 9.18 Å². The van der Waals surface area contributed by atoms with Crippen LogP contribution < -0.4 is 15.4 Å². The molecule has 2 aromatic carbocycles. The predicted molar refractivity (Wildman–Crippen MR) is 141 cm³/mol. The third kappa shape index (κ3) is 6.48. The second-order valence-electron chi connectivity index (χ2n) is 9.06. The van der Waals surface area contributed by atoms with Crippen LogP contribution in [0, 0.1) is 18.7 Å². The number of nitrogens with zero attached hydrogens (tertiary/aromatic N) is 3. The number of hydrogen-bond donors (Lipinski definition) is 2. The molecule has 2 heterocycles. The number of thiazole rings is 1. The predicted octanol–water partition coefficient (Wildman–Crippen LogP) is 5.97. The van der Waals surface area contributed by atoms with Crippen LogP contribution in [0.25, 0.3) is 5.69 Å². The molecular formula is C27H30FN5O2S. The van der Waals surface area contributed by atoms with Gasteiger partial charge in [0.05, 0.1) is 43.0 Å². The molecule has 2 N–H and O–H groups in total. The van der Waals surface area contributed by atoms with Crippen LogP contribution in [0.15, 0.2) is 60.4 Å². The lowest BCUT2D eigenvalue weighted by atomic mass is 10.0. The van der Waals surface area contributed by atoms with E-state index in [-0.39, 0.29) is 24.2 Å². The maximum atomic E-state index is 13.2. The molecule has 0 fully saturated rings. The third-order valence-electron chi connectivity index (χ3n) is 5.62. The van der Waals surface area contributed by atoms with E-state index in [0.717, 1.165) is 39.9 Å². The maximum absolute atomic E-state index is 13.2. The molecule has 0 aliphatic heterocycles. The molecule has 36 heavy (non-hydrogen) atoms. The minimum atomic E-state index is -0.316. The average Bonchev–Trinajstić information content (AvgIpc) is 3.49. The number of carbonyl (C=O) groups excluding carboxylic acids is 1. The number of ether oxygens (including phenoxy) is 1. The lowest BCUT2D eigenvalue weighted by Gasteiger charge is -2.19. The smallest absolute Gasteiger partial charge is 0.224 e. The van der Waals surface area contributed by atoms with E-state index in [1.54, 1.807) is 25.6 Å². The van der Waals surface area contributed by atoms with Crippen LogP contribution in [0.4, 0.5) is 15.2 Å². The van der Waals surface area contributed by atoms with Gasteiger partial charge in [-0.3, -0.25) is 4.79 Å².